The van der Waals surface area contributed by atoms with Crippen LogP contribution in [-0.2, 0) is 4.79 Å². The smallest absolute Gasteiger partial charge is 0.230 e. The summed E-state index contributed by atoms with van der Waals surface area (Å²) in [5, 5.41) is 6.65. The van der Waals surface area contributed by atoms with E-state index in [9.17, 15) is 4.79 Å². The van der Waals surface area contributed by atoms with Gasteiger partial charge in [0.2, 0.25) is 5.91 Å². The average molecular weight is 326 g/mol. The molecule has 1 fully saturated rings. The first-order valence-electron chi connectivity index (χ1n) is 8.80. The number of nitrogens with zero attached hydrogens (tertiary/aromatic N) is 3. The third kappa shape index (κ3) is 6.37. The van der Waals surface area contributed by atoms with Crippen molar-refractivity contribution in [2.45, 2.75) is 39.0 Å². The van der Waals surface area contributed by atoms with E-state index in [2.05, 4.69) is 36.6 Å². The third-order valence-electron chi connectivity index (χ3n) is 4.38. The molecule has 0 atom stereocenters. The Hall–Kier alpha value is -1.30. The molecule has 0 aliphatic heterocycles. The Kier molecular flexibility index (Phi) is 8.37. The van der Waals surface area contributed by atoms with Crippen LogP contribution in [0.15, 0.2) is 4.99 Å². The van der Waals surface area contributed by atoms with Gasteiger partial charge in [-0.15, -0.1) is 0 Å². The van der Waals surface area contributed by atoms with Gasteiger partial charge in [0.15, 0.2) is 5.96 Å². The minimum Gasteiger partial charge on any atom is -0.357 e. The van der Waals surface area contributed by atoms with Gasteiger partial charge in [0.1, 0.15) is 0 Å². The molecule has 1 aliphatic rings. The van der Waals surface area contributed by atoms with Crippen molar-refractivity contribution in [3.05, 3.63) is 0 Å². The van der Waals surface area contributed by atoms with E-state index in [1.165, 1.54) is 0 Å². The molecule has 0 heterocycles. The fourth-order valence-corrected chi connectivity index (χ4v) is 3.14. The number of hydrogen-bond donors (Lipinski definition) is 2. The fourth-order valence-electron chi connectivity index (χ4n) is 3.14. The Labute approximate surface area is 141 Å². The quantitative estimate of drug-likeness (QED) is 0.399. The maximum Gasteiger partial charge on any atom is 0.230 e. The highest BCUT2D eigenvalue weighted by Crippen LogP contribution is 2.39. The fraction of sp³-hybridized carbons (Fsp3) is 0.882. The molecule has 0 aromatic heterocycles. The highest BCUT2D eigenvalue weighted by atomic mass is 16.2. The van der Waals surface area contributed by atoms with Crippen LogP contribution in [0.4, 0.5) is 0 Å². The van der Waals surface area contributed by atoms with Crippen LogP contribution >= 0.6 is 0 Å². The average Bonchev–Trinajstić information content (AvgIpc) is 2.98. The van der Waals surface area contributed by atoms with E-state index in [-0.39, 0.29) is 11.3 Å². The van der Waals surface area contributed by atoms with Crippen LogP contribution in [0.5, 0.6) is 0 Å². The van der Waals surface area contributed by atoms with Gasteiger partial charge < -0.3 is 20.4 Å². The molecule has 1 amide bonds. The Balaban J connectivity index is 2.64. The van der Waals surface area contributed by atoms with Crippen molar-refractivity contribution in [2.75, 3.05) is 54.4 Å². The van der Waals surface area contributed by atoms with Crippen LogP contribution in [0.2, 0.25) is 0 Å². The zero-order valence-corrected chi connectivity index (χ0v) is 15.6. The van der Waals surface area contributed by atoms with Crippen molar-refractivity contribution in [1.29, 1.82) is 0 Å². The summed E-state index contributed by atoms with van der Waals surface area (Å²) in [6.07, 6.45) is 5.23. The first kappa shape index (κ1) is 19.7. The van der Waals surface area contributed by atoms with E-state index in [0.29, 0.717) is 6.54 Å². The molecule has 0 saturated heterocycles. The van der Waals surface area contributed by atoms with Crippen molar-refractivity contribution >= 4 is 11.9 Å². The topological polar surface area (TPSA) is 60.0 Å². The Morgan fingerprint density at radius 1 is 1.13 bits per heavy atom. The molecule has 0 aromatic rings. The van der Waals surface area contributed by atoms with Crippen molar-refractivity contribution in [3.63, 3.8) is 0 Å². The second-order valence-electron chi connectivity index (χ2n) is 6.97. The number of nitrogens with one attached hydrogen (secondary N) is 2. The van der Waals surface area contributed by atoms with Crippen LogP contribution in [0, 0.1) is 5.41 Å². The third-order valence-corrected chi connectivity index (χ3v) is 4.38. The van der Waals surface area contributed by atoms with Gasteiger partial charge in [0.25, 0.3) is 0 Å². The molecule has 1 rings (SSSR count). The minimum absolute atomic E-state index is 0.224. The molecule has 6 nitrogen and oxygen atoms in total. The number of amides is 1. The number of hydrogen-bond acceptors (Lipinski definition) is 3. The highest BCUT2D eigenvalue weighted by molar-refractivity contribution is 5.84. The molecule has 0 aromatic carbocycles. The molecular formula is C17H35N5O. The molecule has 1 saturated carbocycles. The SMILES string of the molecule is CCNC(=NCC1(C(=O)N(C)C)CCCC1)NCCCN(C)C. The largest absolute Gasteiger partial charge is 0.357 e. The van der Waals surface area contributed by atoms with Crippen LogP contribution in [0.3, 0.4) is 0 Å². The summed E-state index contributed by atoms with van der Waals surface area (Å²) in [6, 6.07) is 0. The van der Waals surface area contributed by atoms with E-state index in [1.54, 1.807) is 4.90 Å². The maximum absolute atomic E-state index is 12.6. The molecule has 0 bridgehead atoms. The minimum atomic E-state index is -0.296. The summed E-state index contributed by atoms with van der Waals surface area (Å²) in [5.74, 6) is 1.05. The molecule has 6 heteroatoms. The molecule has 1 aliphatic carbocycles. The van der Waals surface area contributed by atoms with E-state index in [4.69, 9.17) is 4.99 Å². The van der Waals surface area contributed by atoms with Gasteiger partial charge in [0.05, 0.1) is 12.0 Å². The predicted octanol–water partition coefficient (Wildman–Crippen LogP) is 1.14. The van der Waals surface area contributed by atoms with Crippen molar-refractivity contribution in [2.24, 2.45) is 10.4 Å². The monoisotopic (exact) mass is 325 g/mol. The molecule has 2 N–H and O–H groups in total. The van der Waals surface area contributed by atoms with Crippen molar-refractivity contribution in [1.82, 2.24) is 20.4 Å². The standard InChI is InChI=1S/C17H35N5O/c1-6-18-16(19-12-9-13-21(2)3)20-14-17(10-7-8-11-17)15(23)22(4)5/h6-14H2,1-5H3,(H2,18,19,20). The van der Waals surface area contributed by atoms with Crippen LogP contribution in [0.25, 0.3) is 0 Å². The maximum atomic E-state index is 12.6. The molecule has 0 radical (unpaired) electrons. The molecule has 23 heavy (non-hydrogen) atoms. The number of guanidine groups is 1. The molecule has 0 spiro atoms. The Morgan fingerprint density at radius 2 is 1.78 bits per heavy atom. The van der Waals surface area contributed by atoms with Gasteiger partial charge in [-0.2, -0.15) is 0 Å². The lowest BCUT2D eigenvalue weighted by Crippen LogP contribution is -2.43. The van der Waals surface area contributed by atoms with Gasteiger partial charge in [-0.3, -0.25) is 9.79 Å². The normalized spacial score (nSPS) is 17.4. The van der Waals surface area contributed by atoms with Crippen LogP contribution < -0.4 is 10.6 Å². The number of carbonyl (C=O) groups excluding carboxylic acids is 1. The van der Waals surface area contributed by atoms with Gasteiger partial charge in [-0.05, 0) is 46.8 Å². The van der Waals surface area contributed by atoms with E-state index >= 15 is 0 Å². The summed E-state index contributed by atoms with van der Waals surface area (Å²) in [6.45, 7) is 5.41. The van der Waals surface area contributed by atoms with E-state index in [0.717, 1.165) is 57.7 Å². The highest BCUT2D eigenvalue weighted by Gasteiger charge is 2.41. The van der Waals surface area contributed by atoms with E-state index in [1.807, 2.05) is 14.1 Å². The summed E-state index contributed by atoms with van der Waals surface area (Å²) in [5.41, 5.74) is -0.296. The zero-order chi connectivity index (χ0) is 17.3. The number of carbonyl (C=O) groups is 1. The van der Waals surface area contributed by atoms with Gasteiger partial charge in [-0.25, -0.2) is 0 Å². The lowest BCUT2D eigenvalue weighted by atomic mass is 9.85. The van der Waals surface area contributed by atoms with Crippen molar-refractivity contribution < 1.29 is 4.79 Å². The summed E-state index contributed by atoms with van der Waals surface area (Å²) in [7, 11) is 7.85. The summed E-state index contributed by atoms with van der Waals surface area (Å²) < 4.78 is 0. The molecule has 134 valence electrons. The number of rotatable bonds is 8. The number of aliphatic imine (C=N–C) groups is 1. The first-order chi connectivity index (χ1) is 10.9. The second-order valence-corrected chi connectivity index (χ2v) is 6.97. The van der Waals surface area contributed by atoms with Gasteiger partial charge >= 0.3 is 0 Å². The van der Waals surface area contributed by atoms with Crippen LogP contribution in [0.1, 0.15) is 39.0 Å². The Morgan fingerprint density at radius 3 is 2.30 bits per heavy atom. The Bertz CT molecular complexity index is 386. The molecule has 0 unspecified atom stereocenters. The second kappa shape index (κ2) is 9.75. The lowest BCUT2D eigenvalue weighted by molar-refractivity contribution is -0.138. The van der Waals surface area contributed by atoms with Crippen LogP contribution in [-0.4, -0.2) is 76.0 Å². The molecular weight excluding hydrogens is 290 g/mol. The lowest BCUT2D eigenvalue weighted by Gasteiger charge is -2.29. The van der Waals surface area contributed by atoms with Gasteiger partial charge in [-0.1, -0.05) is 12.8 Å². The predicted molar refractivity (Wildman–Crippen MR) is 96.7 cm³/mol. The van der Waals surface area contributed by atoms with E-state index < -0.39 is 0 Å². The van der Waals surface area contributed by atoms with Crippen molar-refractivity contribution in [3.8, 4) is 0 Å². The van der Waals surface area contributed by atoms with Gasteiger partial charge in [0, 0.05) is 27.2 Å². The summed E-state index contributed by atoms with van der Waals surface area (Å²) in [4.78, 5) is 21.2. The summed E-state index contributed by atoms with van der Waals surface area (Å²) >= 11 is 0. The first-order valence-corrected chi connectivity index (χ1v) is 8.80. The zero-order valence-electron chi connectivity index (χ0n) is 15.6.